The van der Waals surface area contributed by atoms with Crippen LogP contribution < -0.4 is 0 Å². The lowest BCUT2D eigenvalue weighted by Crippen LogP contribution is -2.00. The minimum atomic E-state index is 1.13. The molecule has 26 heavy (non-hydrogen) atoms. The van der Waals surface area contributed by atoms with Crippen molar-refractivity contribution in [3.05, 3.63) is 96.7 Å². The van der Waals surface area contributed by atoms with E-state index >= 15 is 0 Å². The first-order chi connectivity index (χ1) is 12.8. The lowest BCUT2D eigenvalue weighted by molar-refractivity contribution is 0.976. The Bertz CT molecular complexity index is 1220. The first-order valence-electron chi connectivity index (χ1n) is 8.84. The molecular weight excluding hydrogens is 316 g/mol. The normalized spacial score (nSPS) is 11.3. The fraction of sp³-hybridized carbons (Fsp3) is 0.0417. The summed E-state index contributed by atoms with van der Waals surface area (Å²) in [6.45, 7) is 2.17. The van der Waals surface area contributed by atoms with E-state index in [1.807, 2.05) is 6.20 Å². The number of hydrogen-bond acceptors (Lipinski definition) is 1. The van der Waals surface area contributed by atoms with Crippen molar-refractivity contribution in [2.24, 2.45) is 0 Å². The van der Waals surface area contributed by atoms with Crippen LogP contribution in [0.4, 0.5) is 0 Å². The van der Waals surface area contributed by atoms with Gasteiger partial charge in [-0.15, -0.1) is 0 Å². The monoisotopic (exact) mass is 334 g/mol. The molecule has 3 aromatic carbocycles. The van der Waals surface area contributed by atoms with E-state index in [1.54, 1.807) is 0 Å². The van der Waals surface area contributed by atoms with Gasteiger partial charge in [-0.25, -0.2) is 4.52 Å². The van der Waals surface area contributed by atoms with Crippen LogP contribution in [0, 0.1) is 6.92 Å². The van der Waals surface area contributed by atoms with Gasteiger partial charge in [0.1, 0.15) is 0 Å². The Morgan fingerprint density at radius 3 is 2.12 bits per heavy atom. The van der Waals surface area contributed by atoms with Gasteiger partial charge < -0.3 is 0 Å². The zero-order valence-electron chi connectivity index (χ0n) is 14.6. The molecule has 0 spiro atoms. The molecule has 0 saturated carbocycles. The van der Waals surface area contributed by atoms with Gasteiger partial charge in [-0.3, -0.25) is 0 Å². The number of fused-ring (bicyclic) bond motifs is 3. The van der Waals surface area contributed by atoms with Crippen LogP contribution >= 0.6 is 0 Å². The molecule has 0 bridgehead atoms. The predicted molar refractivity (Wildman–Crippen MR) is 108 cm³/mol. The van der Waals surface area contributed by atoms with Crippen LogP contribution in [0.5, 0.6) is 0 Å². The van der Waals surface area contributed by atoms with Crippen LogP contribution in [0.1, 0.15) is 5.56 Å². The first kappa shape index (κ1) is 14.9. The minimum absolute atomic E-state index is 1.13. The maximum absolute atomic E-state index is 4.69. The molecule has 2 heteroatoms. The summed E-state index contributed by atoms with van der Waals surface area (Å²) in [5.41, 5.74) is 7.16. The summed E-state index contributed by atoms with van der Waals surface area (Å²) in [6.07, 6.45) is 1.89. The molecule has 2 nitrogen and oxygen atoms in total. The second-order valence-electron chi connectivity index (χ2n) is 6.58. The molecule has 2 aromatic heterocycles. The third kappa shape index (κ3) is 2.16. The summed E-state index contributed by atoms with van der Waals surface area (Å²) < 4.78 is 2.09. The Balaban J connectivity index is 2.06. The van der Waals surface area contributed by atoms with Gasteiger partial charge in [-0.1, -0.05) is 78.9 Å². The topological polar surface area (TPSA) is 17.3 Å². The Kier molecular flexibility index (Phi) is 3.36. The molecule has 0 unspecified atom stereocenters. The van der Waals surface area contributed by atoms with E-state index in [9.17, 15) is 0 Å². The molecule has 0 saturated heterocycles. The van der Waals surface area contributed by atoms with E-state index in [0.717, 1.165) is 11.2 Å². The quantitative estimate of drug-likeness (QED) is 0.379. The summed E-state index contributed by atoms with van der Waals surface area (Å²) in [6, 6.07) is 29.8. The van der Waals surface area contributed by atoms with Crippen LogP contribution in [0.2, 0.25) is 0 Å². The summed E-state index contributed by atoms with van der Waals surface area (Å²) in [5, 5.41) is 7.22. The Hall–Kier alpha value is -3.39. The van der Waals surface area contributed by atoms with E-state index in [0.29, 0.717) is 0 Å². The molecule has 0 amide bonds. The molecule has 0 N–H and O–H groups in total. The van der Waals surface area contributed by atoms with Gasteiger partial charge in [0.25, 0.3) is 0 Å². The van der Waals surface area contributed by atoms with Gasteiger partial charge in [0, 0.05) is 16.5 Å². The van der Waals surface area contributed by atoms with E-state index in [1.165, 1.54) is 33.0 Å². The average molecular weight is 334 g/mol. The Morgan fingerprint density at radius 2 is 1.38 bits per heavy atom. The summed E-state index contributed by atoms with van der Waals surface area (Å²) in [7, 11) is 0. The summed E-state index contributed by atoms with van der Waals surface area (Å²) in [5.74, 6) is 0. The van der Waals surface area contributed by atoms with Crippen molar-refractivity contribution < 1.29 is 0 Å². The smallest absolute Gasteiger partial charge is 0.0809 e. The Morgan fingerprint density at radius 1 is 0.692 bits per heavy atom. The van der Waals surface area contributed by atoms with Crippen molar-refractivity contribution in [1.82, 2.24) is 9.61 Å². The molecule has 5 rings (SSSR count). The molecule has 0 atom stereocenters. The third-order valence-corrected chi connectivity index (χ3v) is 5.00. The van der Waals surface area contributed by atoms with Gasteiger partial charge in [0.05, 0.1) is 17.4 Å². The highest BCUT2D eigenvalue weighted by molar-refractivity contribution is 6.10. The first-order valence-corrected chi connectivity index (χ1v) is 8.84. The van der Waals surface area contributed by atoms with Crippen LogP contribution in [-0.4, -0.2) is 9.61 Å². The molecule has 2 heterocycles. The molecule has 5 aromatic rings. The van der Waals surface area contributed by atoms with Crippen molar-refractivity contribution in [1.29, 1.82) is 0 Å². The highest BCUT2D eigenvalue weighted by Crippen LogP contribution is 2.40. The van der Waals surface area contributed by atoms with Gasteiger partial charge in [-0.05, 0) is 29.5 Å². The van der Waals surface area contributed by atoms with Crippen molar-refractivity contribution in [2.45, 2.75) is 6.92 Å². The maximum Gasteiger partial charge on any atom is 0.0809 e. The SMILES string of the molecule is Cc1cccc2c(-c3ccccc3)c(-c3ccccc3)n3nccc3c12. The minimum Gasteiger partial charge on any atom is -0.232 e. The van der Waals surface area contributed by atoms with Crippen LogP contribution in [0.3, 0.4) is 0 Å². The fourth-order valence-corrected chi connectivity index (χ4v) is 3.88. The lowest BCUT2D eigenvalue weighted by Gasteiger charge is -2.18. The molecule has 0 fully saturated rings. The van der Waals surface area contributed by atoms with Gasteiger partial charge in [-0.2, -0.15) is 5.10 Å². The molecule has 0 radical (unpaired) electrons. The molecule has 0 aliphatic heterocycles. The second kappa shape index (κ2) is 5.85. The highest BCUT2D eigenvalue weighted by Gasteiger charge is 2.18. The zero-order valence-corrected chi connectivity index (χ0v) is 14.6. The second-order valence-corrected chi connectivity index (χ2v) is 6.58. The third-order valence-electron chi connectivity index (χ3n) is 5.00. The van der Waals surface area contributed by atoms with E-state index in [-0.39, 0.29) is 0 Å². The van der Waals surface area contributed by atoms with Crippen LogP contribution in [0.25, 0.3) is 38.7 Å². The van der Waals surface area contributed by atoms with Crippen molar-refractivity contribution in [3.63, 3.8) is 0 Å². The van der Waals surface area contributed by atoms with Crippen LogP contribution in [0.15, 0.2) is 91.1 Å². The van der Waals surface area contributed by atoms with E-state index in [2.05, 4.69) is 101 Å². The Labute approximate surface area is 152 Å². The number of aryl methyl sites for hydroxylation is 1. The van der Waals surface area contributed by atoms with Crippen molar-refractivity contribution in [3.8, 4) is 22.4 Å². The van der Waals surface area contributed by atoms with E-state index < -0.39 is 0 Å². The average Bonchev–Trinajstić information content (AvgIpc) is 3.17. The predicted octanol–water partition coefficient (Wildman–Crippen LogP) is 6.13. The van der Waals surface area contributed by atoms with Gasteiger partial charge in [0.15, 0.2) is 0 Å². The molecule has 124 valence electrons. The van der Waals surface area contributed by atoms with Gasteiger partial charge in [0.2, 0.25) is 0 Å². The van der Waals surface area contributed by atoms with Crippen molar-refractivity contribution >= 4 is 16.3 Å². The lowest BCUT2D eigenvalue weighted by atomic mass is 9.92. The fourth-order valence-electron chi connectivity index (χ4n) is 3.88. The summed E-state index contributed by atoms with van der Waals surface area (Å²) >= 11 is 0. The molecule has 0 aliphatic rings. The van der Waals surface area contributed by atoms with Crippen LogP contribution in [-0.2, 0) is 0 Å². The van der Waals surface area contributed by atoms with E-state index in [4.69, 9.17) is 0 Å². The maximum atomic E-state index is 4.69. The largest absolute Gasteiger partial charge is 0.232 e. The number of hydrogen-bond donors (Lipinski definition) is 0. The van der Waals surface area contributed by atoms with Crippen molar-refractivity contribution in [2.75, 3.05) is 0 Å². The number of pyridine rings is 1. The summed E-state index contributed by atoms with van der Waals surface area (Å²) in [4.78, 5) is 0. The molecule has 0 aliphatic carbocycles. The number of aromatic nitrogens is 2. The standard InChI is InChI=1S/C24H18N2/c1-17-9-8-14-20-22(17)21-15-16-25-26(21)24(19-12-6-3-7-13-19)23(20)18-10-4-2-5-11-18/h2-16H,1H3. The zero-order chi connectivity index (χ0) is 17.5. The number of benzene rings is 3. The number of nitrogens with zero attached hydrogens (tertiary/aromatic N) is 2. The number of rotatable bonds is 2. The van der Waals surface area contributed by atoms with Gasteiger partial charge >= 0.3 is 0 Å². The molecular formula is C24H18N2. The highest BCUT2D eigenvalue weighted by atomic mass is 15.2.